The second kappa shape index (κ2) is 10.4. The lowest BCUT2D eigenvalue weighted by Gasteiger charge is -2.52. The van der Waals surface area contributed by atoms with Crippen LogP contribution in [0.3, 0.4) is 0 Å². The normalized spacial score (nSPS) is 34.3. The molecule has 3 fully saturated rings. The molecule has 0 bridgehead atoms. The molecule has 1 aromatic carbocycles. The van der Waals surface area contributed by atoms with E-state index in [0.29, 0.717) is 30.6 Å². The molecule has 0 radical (unpaired) electrons. The molecule has 5 heteroatoms. The third-order valence-corrected chi connectivity index (χ3v) is 10.6. The van der Waals surface area contributed by atoms with Crippen LogP contribution in [0.15, 0.2) is 47.1 Å². The molecule has 5 aliphatic rings. The van der Waals surface area contributed by atoms with Crippen LogP contribution in [0.5, 0.6) is 0 Å². The van der Waals surface area contributed by atoms with Crippen LogP contribution in [0.25, 0.3) is 0 Å². The van der Waals surface area contributed by atoms with Crippen LogP contribution in [-0.4, -0.2) is 23.5 Å². The summed E-state index contributed by atoms with van der Waals surface area (Å²) in [5, 5.41) is -0.255. The summed E-state index contributed by atoms with van der Waals surface area (Å²) in [4.78, 5) is 17.9. The van der Waals surface area contributed by atoms with Crippen LogP contribution in [-0.2, 0) is 9.63 Å². The molecule has 202 valence electrons. The number of hydrogen-bond acceptors (Lipinski definition) is 3. The quantitative estimate of drug-likeness (QED) is 0.171. The zero-order valence-electron chi connectivity index (χ0n) is 22.4. The number of terminal acetylenes is 1. The van der Waals surface area contributed by atoms with Crippen LogP contribution in [0.4, 0.5) is 8.87 Å². The average Bonchev–Trinajstić information content (AvgIpc) is 3.27. The Bertz CT molecular complexity index is 1170. The van der Waals surface area contributed by atoms with Gasteiger partial charge in [-0.05, 0) is 103 Å². The summed E-state index contributed by atoms with van der Waals surface area (Å²) in [6.45, 7) is 2.22. The Morgan fingerprint density at radius 1 is 1.03 bits per heavy atom. The molecule has 6 atom stereocenters. The second-order valence-corrected chi connectivity index (χ2v) is 12.5. The SMILES string of the molecule is C#CC(F)N(F)OC1CCC2C3CCC4=CC(=O)CCC4=C3C(c3ccc(C4CCCCC4)cc3)CC12C. The molecule has 0 N–H and O–H groups in total. The fourth-order valence-electron chi connectivity index (χ4n) is 8.76. The maximum absolute atomic E-state index is 14.5. The standard InChI is InChI=1S/C33H39F2NO2/c1-3-31(34)36(35)38-30-18-17-29-27-15-13-24-19-25(37)14-16-26(24)32(27)28(20-33(29,30)2)23-11-9-22(10-12-23)21-7-5-4-6-8-21/h1,9-12,19,21,27-31H,4-8,13-18,20H2,2H3. The minimum Gasteiger partial charge on any atom is -0.295 e. The summed E-state index contributed by atoms with van der Waals surface area (Å²) < 4.78 is 28.3. The van der Waals surface area contributed by atoms with Gasteiger partial charge in [0.05, 0.1) is 6.10 Å². The molecule has 0 aliphatic heterocycles. The van der Waals surface area contributed by atoms with E-state index in [1.165, 1.54) is 60.0 Å². The van der Waals surface area contributed by atoms with Crippen LogP contribution < -0.4 is 0 Å². The van der Waals surface area contributed by atoms with Gasteiger partial charge in [-0.1, -0.05) is 56.0 Å². The highest BCUT2D eigenvalue weighted by Crippen LogP contribution is 2.64. The van der Waals surface area contributed by atoms with Crippen molar-refractivity contribution in [2.45, 2.75) is 108 Å². The number of hydroxylamine groups is 1. The van der Waals surface area contributed by atoms with Gasteiger partial charge in [0.15, 0.2) is 5.78 Å². The second-order valence-electron chi connectivity index (χ2n) is 12.5. The minimum absolute atomic E-state index is 0.180. The van der Waals surface area contributed by atoms with Crippen molar-refractivity contribution in [3.05, 3.63) is 58.2 Å². The van der Waals surface area contributed by atoms with E-state index < -0.39 is 12.4 Å². The van der Waals surface area contributed by atoms with E-state index >= 15 is 0 Å². The molecule has 0 heterocycles. The molecule has 0 amide bonds. The minimum atomic E-state index is -2.20. The van der Waals surface area contributed by atoms with Gasteiger partial charge in [-0.2, -0.15) is 0 Å². The zero-order chi connectivity index (χ0) is 26.4. The Hall–Kier alpha value is -2.29. The fourth-order valence-corrected chi connectivity index (χ4v) is 8.76. The Labute approximate surface area is 225 Å². The van der Waals surface area contributed by atoms with Crippen molar-refractivity contribution < 1.29 is 18.5 Å². The molecule has 1 aromatic rings. The summed E-state index contributed by atoms with van der Waals surface area (Å²) in [6, 6.07) is 9.29. The van der Waals surface area contributed by atoms with Crippen molar-refractivity contribution >= 4 is 5.78 Å². The highest BCUT2D eigenvalue weighted by atomic mass is 19.2. The predicted molar refractivity (Wildman–Crippen MR) is 144 cm³/mol. The number of carbonyl (C=O) groups excluding carboxylic acids is 1. The van der Waals surface area contributed by atoms with Gasteiger partial charge in [-0.15, -0.1) is 10.9 Å². The van der Waals surface area contributed by atoms with Crippen molar-refractivity contribution in [1.29, 1.82) is 0 Å². The molecule has 0 spiro atoms. The third-order valence-electron chi connectivity index (χ3n) is 10.6. The van der Waals surface area contributed by atoms with Gasteiger partial charge >= 0.3 is 0 Å². The number of ketones is 1. The molecule has 3 nitrogen and oxygen atoms in total. The van der Waals surface area contributed by atoms with Crippen LogP contribution in [0, 0.1) is 29.6 Å². The fraction of sp³-hybridized carbons (Fsp3) is 0.606. The Morgan fingerprint density at radius 3 is 2.50 bits per heavy atom. The van der Waals surface area contributed by atoms with E-state index in [2.05, 4.69) is 31.2 Å². The summed E-state index contributed by atoms with van der Waals surface area (Å²) in [7, 11) is 0. The summed E-state index contributed by atoms with van der Waals surface area (Å²) >= 11 is 0. The Morgan fingerprint density at radius 2 is 1.76 bits per heavy atom. The monoisotopic (exact) mass is 519 g/mol. The maximum atomic E-state index is 14.5. The number of carbonyl (C=O) groups is 1. The number of alkyl halides is 1. The first-order valence-electron chi connectivity index (χ1n) is 14.7. The van der Waals surface area contributed by atoms with Gasteiger partial charge in [0.2, 0.25) is 0 Å². The molecule has 0 aromatic heterocycles. The van der Waals surface area contributed by atoms with Crippen molar-refractivity contribution in [2.75, 3.05) is 0 Å². The zero-order valence-corrected chi connectivity index (χ0v) is 22.4. The van der Waals surface area contributed by atoms with Crippen molar-refractivity contribution in [2.24, 2.45) is 17.3 Å². The predicted octanol–water partition coefficient (Wildman–Crippen LogP) is 8.05. The number of fused-ring (bicyclic) bond motifs is 4. The van der Waals surface area contributed by atoms with E-state index in [9.17, 15) is 13.7 Å². The summed E-state index contributed by atoms with van der Waals surface area (Å²) in [5.74, 6) is 3.57. The van der Waals surface area contributed by atoms with Gasteiger partial charge < -0.3 is 0 Å². The van der Waals surface area contributed by atoms with Gasteiger partial charge in [0.1, 0.15) is 0 Å². The number of halogens is 2. The van der Waals surface area contributed by atoms with Crippen LogP contribution >= 0.6 is 0 Å². The molecular formula is C33H39F2NO2. The van der Waals surface area contributed by atoms with Crippen LogP contribution in [0.1, 0.15) is 107 Å². The van der Waals surface area contributed by atoms with E-state index in [0.717, 1.165) is 32.1 Å². The largest absolute Gasteiger partial charge is 0.295 e. The molecule has 6 rings (SSSR count). The topological polar surface area (TPSA) is 29.5 Å². The molecule has 0 saturated heterocycles. The Kier molecular flexibility index (Phi) is 7.08. The highest BCUT2D eigenvalue weighted by Gasteiger charge is 2.58. The molecular weight excluding hydrogens is 480 g/mol. The van der Waals surface area contributed by atoms with Crippen molar-refractivity contribution in [1.82, 2.24) is 5.29 Å². The van der Waals surface area contributed by atoms with E-state index in [4.69, 9.17) is 11.3 Å². The van der Waals surface area contributed by atoms with E-state index in [1.54, 1.807) is 5.92 Å². The first-order valence-corrected chi connectivity index (χ1v) is 14.7. The highest BCUT2D eigenvalue weighted by molar-refractivity contribution is 5.93. The number of benzene rings is 1. The Balaban J connectivity index is 1.38. The number of nitrogens with zero attached hydrogens (tertiary/aromatic N) is 1. The maximum Gasteiger partial charge on any atom is 0.267 e. The molecule has 3 saturated carbocycles. The lowest BCUT2D eigenvalue weighted by atomic mass is 9.53. The van der Waals surface area contributed by atoms with E-state index in [-0.39, 0.29) is 22.4 Å². The van der Waals surface area contributed by atoms with Crippen LogP contribution in [0.2, 0.25) is 0 Å². The van der Waals surface area contributed by atoms with E-state index in [1.807, 2.05) is 6.08 Å². The average molecular weight is 520 g/mol. The van der Waals surface area contributed by atoms with Gasteiger partial charge in [-0.3, -0.25) is 9.63 Å². The first kappa shape index (κ1) is 26.0. The number of rotatable bonds is 5. The summed E-state index contributed by atoms with van der Waals surface area (Å²) in [5.41, 5.74) is 6.57. The molecule has 38 heavy (non-hydrogen) atoms. The number of hydrogen-bond donors (Lipinski definition) is 0. The smallest absolute Gasteiger partial charge is 0.267 e. The van der Waals surface area contributed by atoms with Crippen molar-refractivity contribution in [3.63, 3.8) is 0 Å². The number of allylic oxidation sites excluding steroid dienone is 4. The van der Waals surface area contributed by atoms with Gasteiger partial charge in [-0.25, -0.2) is 4.39 Å². The lowest BCUT2D eigenvalue weighted by Crippen LogP contribution is -2.47. The summed E-state index contributed by atoms with van der Waals surface area (Å²) in [6.07, 6.45) is 16.6. The third kappa shape index (κ3) is 4.48. The lowest BCUT2D eigenvalue weighted by molar-refractivity contribution is -0.351. The van der Waals surface area contributed by atoms with Crippen molar-refractivity contribution in [3.8, 4) is 12.3 Å². The first-order chi connectivity index (χ1) is 18.4. The van der Waals surface area contributed by atoms with Gasteiger partial charge in [0, 0.05) is 23.0 Å². The molecule has 5 aliphatic carbocycles. The molecule has 6 unspecified atom stereocenters. The van der Waals surface area contributed by atoms with Gasteiger partial charge in [0.25, 0.3) is 6.30 Å².